The highest BCUT2D eigenvalue weighted by Gasteiger charge is 2.21. The van der Waals surface area contributed by atoms with Crippen LogP contribution < -0.4 is 42.5 Å². The Morgan fingerprint density at radius 1 is 0.459 bits per heavy atom. The number of H-pyrrole nitrogens is 3. The zero-order valence-corrected chi connectivity index (χ0v) is 35.0. The van der Waals surface area contributed by atoms with Gasteiger partial charge in [-0.25, -0.2) is 0 Å². The van der Waals surface area contributed by atoms with Crippen molar-refractivity contribution < 1.29 is 28.8 Å². The van der Waals surface area contributed by atoms with Crippen LogP contribution >= 0.6 is 0 Å². The maximum Gasteiger partial charge on any atom is 0.272 e. The third-order valence-electron chi connectivity index (χ3n) is 10.3. The molecule has 17 nitrogen and oxygen atoms in total. The minimum atomic E-state index is -0.390. The van der Waals surface area contributed by atoms with Gasteiger partial charge >= 0.3 is 0 Å². The van der Waals surface area contributed by atoms with Crippen molar-refractivity contribution in [3.05, 3.63) is 95.4 Å². The fourth-order valence-electron chi connectivity index (χ4n) is 7.13. The van der Waals surface area contributed by atoms with Gasteiger partial charge in [-0.1, -0.05) is 27.7 Å². The van der Waals surface area contributed by atoms with Gasteiger partial charge in [-0.15, -0.1) is 0 Å². The SMILES string of the molecule is CN[C@H](C(=O)NCCNC(=O)c1cc2cc(NC(=O)c3ccc4[nH]c(C(=O)Nc5ccc6[nH]c(C(=O)NCCNC(=O)[C@@H](NC)C(C)C)cc6c5)cc4c3)ccc2[nH]1)C(C)C. The van der Waals surface area contributed by atoms with Gasteiger partial charge in [0.25, 0.3) is 23.6 Å². The average Bonchev–Trinajstić information content (AvgIpc) is 3.98. The smallest absolute Gasteiger partial charge is 0.272 e. The lowest BCUT2D eigenvalue weighted by molar-refractivity contribution is -0.124. The number of benzene rings is 3. The molecule has 0 spiro atoms. The normalized spacial score (nSPS) is 12.4. The lowest BCUT2D eigenvalue weighted by atomic mass is 10.0. The fraction of sp³-hybridized carbons (Fsp3) is 0.318. The number of aromatic amines is 3. The van der Waals surface area contributed by atoms with Crippen molar-refractivity contribution in [1.29, 1.82) is 0 Å². The van der Waals surface area contributed by atoms with Crippen molar-refractivity contribution in [2.24, 2.45) is 11.8 Å². The van der Waals surface area contributed by atoms with E-state index in [0.717, 1.165) is 10.8 Å². The molecular weight excluding hydrogens is 779 g/mol. The molecule has 6 aromatic rings. The quantitative estimate of drug-likeness (QED) is 0.0568. The number of hydrogen-bond donors (Lipinski definition) is 11. The first-order valence-electron chi connectivity index (χ1n) is 20.2. The molecule has 11 N–H and O–H groups in total. The molecule has 320 valence electrons. The van der Waals surface area contributed by atoms with Crippen molar-refractivity contribution in [2.75, 3.05) is 50.9 Å². The highest BCUT2D eigenvalue weighted by atomic mass is 16.2. The van der Waals surface area contributed by atoms with E-state index in [9.17, 15) is 28.8 Å². The van der Waals surface area contributed by atoms with Crippen LogP contribution in [0.5, 0.6) is 0 Å². The first-order chi connectivity index (χ1) is 29.2. The molecule has 0 aliphatic rings. The Bertz CT molecular complexity index is 2450. The van der Waals surface area contributed by atoms with Crippen molar-refractivity contribution in [3.8, 4) is 0 Å². The van der Waals surface area contributed by atoms with E-state index in [-0.39, 0.29) is 85.5 Å². The topological polar surface area (TPSA) is 246 Å². The zero-order chi connectivity index (χ0) is 43.8. The average molecular weight is 832 g/mol. The molecule has 6 rings (SSSR count). The molecule has 0 bridgehead atoms. The summed E-state index contributed by atoms with van der Waals surface area (Å²) in [5.74, 6) is -1.39. The molecule has 0 saturated carbocycles. The number of likely N-dealkylation sites (N-methyl/N-ethyl adjacent to an activating group) is 2. The number of hydrogen-bond acceptors (Lipinski definition) is 8. The second-order valence-corrected chi connectivity index (χ2v) is 15.5. The monoisotopic (exact) mass is 831 g/mol. The highest BCUT2D eigenvalue weighted by Crippen LogP contribution is 2.24. The van der Waals surface area contributed by atoms with Gasteiger partial charge < -0.3 is 57.5 Å². The number of amides is 6. The van der Waals surface area contributed by atoms with Crippen LogP contribution in [0.2, 0.25) is 0 Å². The molecular formula is C44H53N11O6. The maximum absolute atomic E-state index is 13.3. The Morgan fingerprint density at radius 3 is 1.26 bits per heavy atom. The van der Waals surface area contributed by atoms with Gasteiger partial charge in [-0.3, -0.25) is 28.8 Å². The lowest BCUT2D eigenvalue weighted by Crippen LogP contribution is -2.47. The second kappa shape index (κ2) is 19.4. The van der Waals surface area contributed by atoms with Crippen LogP contribution in [0.4, 0.5) is 11.4 Å². The van der Waals surface area contributed by atoms with E-state index in [2.05, 4.69) is 57.5 Å². The summed E-state index contributed by atoms with van der Waals surface area (Å²) in [6, 6.07) is 20.0. The fourth-order valence-corrected chi connectivity index (χ4v) is 7.13. The van der Waals surface area contributed by atoms with Crippen molar-refractivity contribution in [1.82, 2.24) is 46.9 Å². The standard InChI is InChI=1S/C44H53N11O6/c1-23(2)37(45-5)43(60)49-15-13-47-40(57)34-21-27-18-29(8-11-32(27)53-34)51-39(56)25-7-10-31-26(17-25)20-36(55-31)42(59)52-30-9-12-33-28(19-30)22-35(54-33)41(58)48-14-16-50-44(61)38(46-6)24(3)4/h7-12,17-24,37-38,45-46,53-55H,13-16H2,1-6H3,(H,47,57)(H,48,58)(H,49,60)(H,50,61)(H,51,56)(H,52,59)/t37-,38-/m0/s1. The van der Waals surface area contributed by atoms with E-state index in [0.29, 0.717) is 56.0 Å². The Balaban J connectivity index is 1.01. The minimum absolute atomic E-state index is 0.125. The molecule has 0 aliphatic carbocycles. The number of nitrogens with one attached hydrogen (secondary N) is 11. The molecule has 17 heteroatoms. The number of carbonyl (C=O) groups is 6. The summed E-state index contributed by atoms with van der Waals surface area (Å²) in [4.78, 5) is 86.2. The number of rotatable bonds is 18. The summed E-state index contributed by atoms with van der Waals surface area (Å²) >= 11 is 0. The molecule has 3 aromatic carbocycles. The van der Waals surface area contributed by atoms with E-state index in [1.165, 1.54) is 0 Å². The molecule has 0 radical (unpaired) electrons. The largest absolute Gasteiger partial charge is 0.353 e. The van der Waals surface area contributed by atoms with E-state index >= 15 is 0 Å². The van der Waals surface area contributed by atoms with E-state index in [4.69, 9.17) is 0 Å². The van der Waals surface area contributed by atoms with Gasteiger partial charge in [0, 0.05) is 75.8 Å². The van der Waals surface area contributed by atoms with Crippen molar-refractivity contribution in [2.45, 2.75) is 39.8 Å². The van der Waals surface area contributed by atoms with Gasteiger partial charge in [0.15, 0.2) is 0 Å². The zero-order valence-electron chi connectivity index (χ0n) is 35.0. The molecule has 61 heavy (non-hydrogen) atoms. The lowest BCUT2D eigenvalue weighted by Gasteiger charge is -2.19. The molecule has 6 amide bonds. The molecule has 3 aromatic heterocycles. The first-order valence-corrected chi connectivity index (χ1v) is 20.2. The van der Waals surface area contributed by atoms with Crippen LogP contribution in [-0.2, 0) is 9.59 Å². The Hall–Kier alpha value is -6.98. The number of anilines is 2. The number of carbonyl (C=O) groups excluding carboxylic acids is 6. The number of fused-ring (bicyclic) bond motifs is 3. The Morgan fingerprint density at radius 2 is 0.836 bits per heavy atom. The third-order valence-corrected chi connectivity index (χ3v) is 10.3. The Labute approximate surface area is 352 Å². The highest BCUT2D eigenvalue weighted by molar-refractivity contribution is 6.10. The van der Waals surface area contributed by atoms with Crippen LogP contribution in [-0.4, -0.2) is 103 Å². The summed E-state index contributed by atoms with van der Waals surface area (Å²) < 4.78 is 0. The summed E-state index contributed by atoms with van der Waals surface area (Å²) in [7, 11) is 3.47. The van der Waals surface area contributed by atoms with E-state index in [1.807, 2.05) is 27.7 Å². The van der Waals surface area contributed by atoms with Crippen molar-refractivity contribution in [3.63, 3.8) is 0 Å². The molecule has 0 aliphatic heterocycles. The van der Waals surface area contributed by atoms with Crippen LogP contribution in [0.25, 0.3) is 32.7 Å². The van der Waals surface area contributed by atoms with Crippen LogP contribution in [0, 0.1) is 11.8 Å². The summed E-state index contributed by atoms with van der Waals surface area (Å²) in [6.07, 6.45) is 0. The molecule has 0 unspecified atom stereocenters. The van der Waals surface area contributed by atoms with Gasteiger partial charge in [-0.2, -0.15) is 0 Å². The van der Waals surface area contributed by atoms with Crippen molar-refractivity contribution >= 4 is 79.5 Å². The van der Waals surface area contributed by atoms with Gasteiger partial charge in [0.2, 0.25) is 11.8 Å². The minimum Gasteiger partial charge on any atom is -0.353 e. The molecule has 0 fully saturated rings. The predicted octanol–water partition coefficient (Wildman–Crippen LogP) is 3.82. The maximum atomic E-state index is 13.3. The van der Waals surface area contributed by atoms with Gasteiger partial charge in [-0.05, 0) is 98.7 Å². The van der Waals surface area contributed by atoms with Gasteiger partial charge in [0.05, 0.1) is 12.1 Å². The number of aromatic nitrogens is 3. The molecule has 0 saturated heterocycles. The summed E-state index contributed by atoms with van der Waals surface area (Å²) in [5.41, 5.74) is 4.50. The summed E-state index contributed by atoms with van der Waals surface area (Å²) in [6.45, 7) is 8.89. The van der Waals surface area contributed by atoms with E-state index < -0.39 is 0 Å². The molecule has 2 atom stereocenters. The molecule has 3 heterocycles. The predicted molar refractivity (Wildman–Crippen MR) is 237 cm³/mol. The third kappa shape index (κ3) is 10.6. The first kappa shape index (κ1) is 43.6. The van der Waals surface area contributed by atoms with Crippen LogP contribution in [0.1, 0.15) is 69.5 Å². The van der Waals surface area contributed by atoms with E-state index in [1.54, 1.807) is 86.9 Å². The summed E-state index contributed by atoms with van der Waals surface area (Å²) in [5, 5.41) is 25.1. The van der Waals surface area contributed by atoms with Gasteiger partial charge in [0.1, 0.15) is 17.1 Å². The Kier molecular flexibility index (Phi) is 13.9. The second-order valence-electron chi connectivity index (χ2n) is 15.5. The van der Waals surface area contributed by atoms with Crippen LogP contribution in [0.15, 0.2) is 72.8 Å². The van der Waals surface area contributed by atoms with Crippen LogP contribution in [0.3, 0.4) is 0 Å².